The number of aromatic nitrogens is 4. The van der Waals surface area contributed by atoms with Crippen molar-refractivity contribution in [3.05, 3.63) is 106 Å². The molecule has 2 aromatic carbocycles. The Labute approximate surface area is 247 Å². The van der Waals surface area contributed by atoms with Crippen LogP contribution in [-0.4, -0.2) is 51.1 Å². The van der Waals surface area contributed by atoms with Gasteiger partial charge >= 0.3 is 0 Å². The van der Waals surface area contributed by atoms with Crippen LogP contribution in [-0.2, 0) is 11.3 Å². The molecule has 0 aliphatic rings. The number of carbonyl (C=O) groups excluding carboxylic acids is 2. The van der Waals surface area contributed by atoms with Gasteiger partial charge in [0.2, 0.25) is 5.91 Å². The number of anilines is 1. The molecule has 5 aromatic rings. The molecule has 3 aromatic heterocycles. The molecule has 220 valence electrons. The summed E-state index contributed by atoms with van der Waals surface area (Å²) in [6.45, 7) is 5.41. The number of nitrogens with zero attached hydrogens (tertiary/aromatic N) is 4. The van der Waals surface area contributed by atoms with Crippen LogP contribution in [0.4, 0.5) is 10.1 Å². The summed E-state index contributed by atoms with van der Waals surface area (Å²) in [5, 5.41) is 8.97. The van der Waals surface area contributed by atoms with Crippen molar-refractivity contribution in [2.75, 3.05) is 19.4 Å². The van der Waals surface area contributed by atoms with Gasteiger partial charge in [0, 0.05) is 30.3 Å². The number of halogens is 1. The third kappa shape index (κ3) is 5.93. The summed E-state index contributed by atoms with van der Waals surface area (Å²) >= 11 is 0. The normalized spacial score (nSPS) is 11.9. The fraction of sp³-hybridized carbons (Fsp3) is 0.219. The zero-order chi connectivity index (χ0) is 30.8. The van der Waals surface area contributed by atoms with Crippen LogP contribution >= 0.6 is 0 Å². The highest BCUT2D eigenvalue weighted by atomic mass is 19.1. The van der Waals surface area contributed by atoms with Crippen LogP contribution in [0, 0.1) is 19.7 Å². The summed E-state index contributed by atoms with van der Waals surface area (Å²) < 4.78 is 17.3. The molecular formula is C32H32FN7O3. The van der Waals surface area contributed by atoms with Gasteiger partial charge in [-0.25, -0.2) is 14.4 Å². The third-order valence-electron chi connectivity index (χ3n) is 7.32. The number of nitrogens with one attached hydrogen (secondary N) is 3. The first-order chi connectivity index (χ1) is 20.6. The van der Waals surface area contributed by atoms with Gasteiger partial charge in [0.15, 0.2) is 0 Å². The number of carbonyl (C=O) groups is 2. The number of pyridine rings is 1. The van der Waals surface area contributed by atoms with Gasteiger partial charge in [-0.05, 0) is 81.4 Å². The highest BCUT2D eigenvalue weighted by Gasteiger charge is 2.18. The minimum absolute atomic E-state index is 0.0484. The van der Waals surface area contributed by atoms with E-state index in [9.17, 15) is 18.8 Å². The summed E-state index contributed by atoms with van der Waals surface area (Å²) in [5.41, 5.74) is 3.50. The zero-order valence-corrected chi connectivity index (χ0v) is 24.5. The van der Waals surface area contributed by atoms with E-state index in [0.717, 1.165) is 16.5 Å². The Morgan fingerprint density at radius 1 is 1.00 bits per heavy atom. The Bertz CT molecular complexity index is 1930. The second kappa shape index (κ2) is 12.0. The number of hydrogen-bond donors (Lipinski definition) is 3. The summed E-state index contributed by atoms with van der Waals surface area (Å²) in [7, 11) is 3.21. The molecule has 0 aliphatic heterocycles. The van der Waals surface area contributed by atoms with Crippen LogP contribution < -0.4 is 21.5 Å². The summed E-state index contributed by atoms with van der Waals surface area (Å²) in [4.78, 5) is 48.1. The zero-order valence-electron chi connectivity index (χ0n) is 24.5. The lowest BCUT2D eigenvalue weighted by Gasteiger charge is -2.17. The molecule has 1 atom stereocenters. The highest BCUT2D eigenvalue weighted by Crippen LogP contribution is 2.26. The lowest BCUT2D eigenvalue weighted by Crippen LogP contribution is -2.37. The number of aryl methyl sites for hydroxylation is 2. The number of likely N-dealkylation sites (N-methyl/N-ethyl adjacent to an activating group) is 1. The minimum Gasteiger partial charge on any atom is -0.355 e. The van der Waals surface area contributed by atoms with Crippen LogP contribution in [0.1, 0.15) is 34.4 Å². The van der Waals surface area contributed by atoms with Crippen LogP contribution in [0.3, 0.4) is 0 Å². The molecule has 0 fully saturated rings. The van der Waals surface area contributed by atoms with Gasteiger partial charge in [-0.2, -0.15) is 0 Å². The fourth-order valence-corrected chi connectivity index (χ4v) is 4.95. The number of amides is 2. The number of benzene rings is 2. The van der Waals surface area contributed by atoms with Crippen molar-refractivity contribution in [2.45, 2.75) is 33.4 Å². The predicted octanol–water partition coefficient (Wildman–Crippen LogP) is 3.96. The van der Waals surface area contributed by atoms with E-state index in [-0.39, 0.29) is 29.9 Å². The highest BCUT2D eigenvalue weighted by molar-refractivity contribution is 5.96. The first kappa shape index (κ1) is 29.3. The fourth-order valence-electron chi connectivity index (χ4n) is 4.95. The average molecular weight is 582 g/mol. The maximum atomic E-state index is 14.0. The average Bonchev–Trinajstić information content (AvgIpc) is 3.33. The monoisotopic (exact) mass is 581 g/mol. The van der Waals surface area contributed by atoms with Gasteiger partial charge in [-0.3, -0.25) is 14.4 Å². The lowest BCUT2D eigenvalue weighted by atomic mass is 10.1. The molecule has 2 amide bonds. The van der Waals surface area contributed by atoms with Gasteiger partial charge < -0.3 is 25.1 Å². The Hall–Kier alpha value is -5.16. The molecule has 0 saturated heterocycles. The molecule has 43 heavy (non-hydrogen) atoms. The Kier molecular flexibility index (Phi) is 8.18. The quantitative estimate of drug-likeness (QED) is 0.255. The summed E-state index contributed by atoms with van der Waals surface area (Å²) in [5.74, 6) is 0.114. The van der Waals surface area contributed by atoms with Crippen molar-refractivity contribution >= 4 is 28.4 Å². The first-order valence-corrected chi connectivity index (χ1v) is 13.8. The van der Waals surface area contributed by atoms with E-state index in [2.05, 4.69) is 25.9 Å². The predicted molar refractivity (Wildman–Crippen MR) is 164 cm³/mol. The van der Waals surface area contributed by atoms with E-state index in [1.807, 2.05) is 23.8 Å². The first-order valence-electron chi connectivity index (χ1n) is 13.8. The Morgan fingerprint density at radius 3 is 2.53 bits per heavy atom. The molecular weight excluding hydrogens is 549 g/mol. The van der Waals surface area contributed by atoms with E-state index in [4.69, 9.17) is 0 Å². The molecule has 5 rings (SSSR count). The molecule has 10 nitrogen and oxygen atoms in total. The SMILES string of the molecule is CNC(=O)c1cccc(-c2ccc(NC(=O)[C@H](C)NC)c(=O)n2Cc2cc(-n3cc(C)c4cc(F)ccc43)nc(C)n2)c1. The van der Waals surface area contributed by atoms with Crippen molar-refractivity contribution in [3.8, 4) is 17.1 Å². The number of rotatable bonds is 8. The largest absolute Gasteiger partial charge is 0.355 e. The molecule has 11 heteroatoms. The summed E-state index contributed by atoms with van der Waals surface area (Å²) in [6.07, 6.45) is 1.89. The maximum Gasteiger partial charge on any atom is 0.275 e. The standard InChI is InChI=1S/C32H32FN7O3/c1-18-16-39(28-11-9-23(33)14-25(18)28)29-15-24(36-20(3)37-29)17-40-27(21-7-6-8-22(13-21)31(42)35-5)12-10-26(32(40)43)38-30(41)19(2)34-4/h6-16,19,34H,17H2,1-5H3,(H,35,42)(H,38,41)/t19-/m0/s1. The Balaban J connectivity index is 1.64. The van der Waals surface area contributed by atoms with Crippen molar-refractivity contribution in [1.29, 1.82) is 0 Å². The molecule has 0 aliphatic carbocycles. The van der Waals surface area contributed by atoms with Crippen LogP contribution in [0.2, 0.25) is 0 Å². The molecule has 0 unspecified atom stereocenters. The molecule has 0 radical (unpaired) electrons. The minimum atomic E-state index is -0.517. The van der Waals surface area contributed by atoms with Gasteiger partial charge in [0.25, 0.3) is 11.5 Å². The number of fused-ring (bicyclic) bond motifs is 1. The number of hydrogen-bond acceptors (Lipinski definition) is 6. The van der Waals surface area contributed by atoms with E-state index < -0.39 is 11.6 Å². The van der Waals surface area contributed by atoms with E-state index in [1.165, 1.54) is 16.7 Å². The van der Waals surface area contributed by atoms with E-state index >= 15 is 0 Å². The van der Waals surface area contributed by atoms with Crippen LogP contribution in [0.15, 0.2) is 71.7 Å². The van der Waals surface area contributed by atoms with Crippen molar-refractivity contribution in [2.24, 2.45) is 0 Å². The second-order valence-electron chi connectivity index (χ2n) is 10.3. The van der Waals surface area contributed by atoms with Crippen molar-refractivity contribution in [1.82, 2.24) is 29.7 Å². The van der Waals surface area contributed by atoms with E-state index in [1.54, 1.807) is 70.4 Å². The van der Waals surface area contributed by atoms with Gasteiger partial charge in [0.05, 0.1) is 29.5 Å². The van der Waals surface area contributed by atoms with Gasteiger partial charge in [-0.1, -0.05) is 12.1 Å². The molecule has 0 saturated carbocycles. The van der Waals surface area contributed by atoms with Gasteiger partial charge in [0.1, 0.15) is 23.1 Å². The smallest absolute Gasteiger partial charge is 0.275 e. The molecule has 3 N–H and O–H groups in total. The van der Waals surface area contributed by atoms with E-state index in [0.29, 0.717) is 34.2 Å². The Morgan fingerprint density at radius 2 is 1.79 bits per heavy atom. The topological polar surface area (TPSA) is 123 Å². The van der Waals surface area contributed by atoms with Crippen molar-refractivity contribution in [3.63, 3.8) is 0 Å². The van der Waals surface area contributed by atoms with Crippen molar-refractivity contribution < 1.29 is 14.0 Å². The molecule has 0 bridgehead atoms. The maximum absolute atomic E-state index is 14.0. The lowest BCUT2D eigenvalue weighted by molar-refractivity contribution is -0.117. The van der Waals surface area contributed by atoms with Gasteiger partial charge in [-0.15, -0.1) is 0 Å². The second-order valence-corrected chi connectivity index (χ2v) is 10.3. The van der Waals surface area contributed by atoms with Crippen LogP contribution in [0.5, 0.6) is 0 Å². The molecule has 0 spiro atoms. The summed E-state index contributed by atoms with van der Waals surface area (Å²) in [6, 6.07) is 16.1. The van der Waals surface area contributed by atoms with Crippen LogP contribution in [0.25, 0.3) is 28.0 Å². The third-order valence-corrected chi connectivity index (χ3v) is 7.32. The molecule has 3 heterocycles.